The first kappa shape index (κ1) is 22.5. The molecular formula is C22H25N3O5S. The molecule has 0 bridgehead atoms. The normalized spacial score (nSPS) is 17.9. The Balaban J connectivity index is 1.90. The minimum atomic E-state index is -0.485. The summed E-state index contributed by atoms with van der Waals surface area (Å²) in [6.45, 7) is 5.34. The average Bonchev–Trinajstić information content (AvgIpc) is 3.02. The number of amides is 3. The number of nitrogens with one attached hydrogen (secondary N) is 2. The first-order valence-electron chi connectivity index (χ1n) is 9.82. The lowest BCUT2D eigenvalue weighted by Gasteiger charge is -2.26. The van der Waals surface area contributed by atoms with Crippen LogP contribution in [0.3, 0.4) is 0 Å². The zero-order valence-corrected chi connectivity index (χ0v) is 18.6. The molecule has 0 spiro atoms. The van der Waals surface area contributed by atoms with Crippen LogP contribution in [0, 0.1) is 0 Å². The van der Waals surface area contributed by atoms with Crippen molar-refractivity contribution in [3.8, 4) is 11.5 Å². The van der Waals surface area contributed by atoms with Crippen molar-refractivity contribution < 1.29 is 23.9 Å². The predicted molar refractivity (Wildman–Crippen MR) is 119 cm³/mol. The van der Waals surface area contributed by atoms with Crippen LogP contribution in [0.15, 0.2) is 42.5 Å². The molecule has 0 unspecified atom stereocenters. The summed E-state index contributed by atoms with van der Waals surface area (Å²) in [5.74, 6) is 0.0269. The molecule has 1 saturated heterocycles. The molecule has 0 saturated carbocycles. The van der Waals surface area contributed by atoms with Crippen molar-refractivity contribution in [2.45, 2.75) is 31.4 Å². The fourth-order valence-electron chi connectivity index (χ4n) is 3.26. The van der Waals surface area contributed by atoms with Gasteiger partial charge in [-0.05, 0) is 32.0 Å². The molecule has 2 aromatic rings. The van der Waals surface area contributed by atoms with Crippen molar-refractivity contribution in [2.24, 2.45) is 0 Å². The van der Waals surface area contributed by atoms with Gasteiger partial charge in [0.25, 0.3) is 11.8 Å². The van der Waals surface area contributed by atoms with E-state index in [1.807, 2.05) is 24.3 Å². The van der Waals surface area contributed by atoms with Crippen molar-refractivity contribution in [1.82, 2.24) is 10.4 Å². The van der Waals surface area contributed by atoms with E-state index in [-0.39, 0.29) is 22.6 Å². The van der Waals surface area contributed by atoms with E-state index in [0.29, 0.717) is 23.8 Å². The lowest BCUT2D eigenvalue weighted by atomic mass is 10.1. The lowest BCUT2D eigenvalue weighted by Crippen LogP contribution is -2.45. The van der Waals surface area contributed by atoms with Gasteiger partial charge < -0.3 is 14.8 Å². The molecule has 0 aromatic heterocycles. The number of hydrazine groups is 1. The molecule has 1 aliphatic rings. The van der Waals surface area contributed by atoms with E-state index in [2.05, 4.69) is 10.7 Å². The zero-order chi connectivity index (χ0) is 22.5. The van der Waals surface area contributed by atoms with E-state index in [1.54, 1.807) is 39.2 Å². The van der Waals surface area contributed by atoms with Crippen LogP contribution in [0.2, 0.25) is 0 Å². The Hall–Kier alpha value is -3.20. The van der Waals surface area contributed by atoms with Gasteiger partial charge in [0.2, 0.25) is 5.91 Å². The summed E-state index contributed by atoms with van der Waals surface area (Å²) in [4.78, 5) is 37.2. The number of nitrogens with zero attached hydrogens (tertiary/aromatic N) is 1. The summed E-state index contributed by atoms with van der Waals surface area (Å²) in [5, 5.41) is 3.24. The van der Waals surface area contributed by atoms with Crippen molar-refractivity contribution in [3.05, 3.63) is 53.6 Å². The second-order valence-corrected chi connectivity index (χ2v) is 8.27. The monoisotopic (exact) mass is 443 g/mol. The molecule has 8 nitrogen and oxygen atoms in total. The molecule has 1 heterocycles. The summed E-state index contributed by atoms with van der Waals surface area (Å²) in [7, 11) is 1.57. The average molecular weight is 444 g/mol. The van der Waals surface area contributed by atoms with Crippen molar-refractivity contribution in [1.29, 1.82) is 0 Å². The van der Waals surface area contributed by atoms with Crippen LogP contribution in [0.5, 0.6) is 11.5 Å². The van der Waals surface area contributed by atoms with E-state index < -0.39 is 11.3 Å². The molecule has 2 N–H and O–H groups in total. The number of anilines is 1. The maximum atomic E-state index is 13.1. The molecule has 9 heteroatoms. The highest BCUT2D eigenvalue weighted by Crippen LogP contribution is 2.44. The Morgan fingerprint density at radius 1 is 1.16 bits per heavy atom. The number of hydrogen-bond acceptors (Lipinski definition) is 6. The molecule has 0 radical (unpaired) electrons. The molecule has 0 aliphatic carbocycles. The summed E-state index contributed by atoms with van der Waals surface area (Å²) in [6, 6.07) is 12.1. The van der Waals surface area contributed by atoms with E-state index in [1.165, 1.54) is 23.7 Å². The molecular weight excluding hydrogens is 418 g/mol. The molecule has 1 fully saturated rings. The maximum absolute atomic E-state index is 13.1. The van der Waals surface area contributed by atoms with Crippen LogP contribution in [0.4, 0.5) is 5.69 Å². The van der Waals surface area contributed by atoms with Gasteiger partial charge >= 0.3 is 0 Å². The third-order valence-corrected chi connectivity index (χ3v) is 5.96. The molecule has 3 rings (SSSR count). The Labute approximate surface area is 185 Å². The van der Waals surface area contributed by atoms with Gasteiger partial charge in [-0.2, -0.15) is 0 Å². The number of para-hydroxylation sites is 1. The number of hydrogen-bond donors (Lipinski definition) is 2. The van der Waals surface area contributed by atoms with E-state index in [9.17, 15) is 14.4 Å². The Morgan fingerprint density at radius 2 is 1.90 bits per heavy atom. The molecule has 164 valence electrons. The van der Waals surface area contributed by atoms with Gasteiger partial charge in [-0.15, -0.1) is 11.8 Å². The quantitative estimate of drug-likeness (QED) is 0.681. The number of carbonyl (C=O) groups is 3. The second-order valence-electron chi connectivity index (χ2n) is 6.85. The van der Waals surface area contributed by atoms with Crippen LogP contribution >= 0.6 is 11.8 Å². The van der Waals surface area contributed by atoms with Crippen molar-refractivity contribution in [3.63, 3.8) is 0 Å². The van der Waals surface area contributed by atoms with Crippen LogP contribution in [-0.2, 0) is 9.59 Å². The van der Waals surface area contributed by atoms with Gasteiger partial charge in [-0.1, -0.05) is 18.2 Å². The van der Waals surface area contributed by atoms with Crippen LogP contribution in [0.25, 0.3) is 0 Å². The van der Waals surface area contributed by atoms with Gasteiger partial charge in [-0.3, -0.25) is 19.8 Å². The Bertz CT molecular complexity index is 997. The Kier molecular flexibility index (Phi) is 7.06. The third kappa shape index (κ3) is 4.93. The highest BCUT2D eigenvalue weighted by atomic mass is 32.2. The summed E-state index contributed by atoms with van der Waals surface area (Å²) in [6.07, 6.45) is 0. The fourth-order valence-corrected chi connectivity index (χ4v) is 4.49. The van der Waals surface area contributed by atoms with Crippen molar-refractivity contribution >= 4 is 35.2 Å². The topological polar surface area (TPSA) is 97.0 Å². The van der Waals surface area contributed by atoms with Gasteiger partial charge in [0, 0.05) is 24.2 Å². The number of methoxy groups -OCH3 is 1. The molecule has 2 atom stereocenters. The van der Waals surface area contributed by atoms with Gasteiger partial charge in [0.1, 0.15) is 16.9 Å². The first-order chi connectivity index (χ1) is 14.8. The Morgan fingerprint density at radius 3 is 2.58 bits per heavy atom. The van der Waals surface area contributed by atoms with Crippen LogP contribution < -0.4 is 20.2 Å². The standard InChI is InChI=1S/C22H25N3O5S/c1-5-30-19-12-15(23-14(3)26)10-11-16(19)20(27)24-25-21(28)13(2)31-22(25)17-8-6-7-9-18(17)29-4/h6-13,22H,5H2,1-4H3,(H,23,26)(H,24,27)/t13-,22+/m0/s1. The zero-order valence-electron chi connectivity index (χ0n) is 17.8. The fraction of sp³-hybridized carbons (Fsp3) is 0.318. The van der Waals surface area contributed by atoms with Crippen LogP contribution in [-0.4, -0.2) is 41.7 Å². The minimum absolute atomic E-state index is 0.206. The molecule has 1 aliphatic heterocycles. The van der Waals surface area contributed by atoms with Crippen LogP contribution in [0.1, 0.15) is 42.1 Å². The molecule has 2 aromatic carbocycles. The molecule has 31 heavy (non-hydrogen) atoms. The predicted octanol–water partition coefficient (Wildman–Crippen LogP) is 3.36. The number of benzene rings is 2. The summed E-state index contributed by atoms with van der Waals surface area (Å²) >= 11 is 1.43. The van der Waals surface area contributed by atoms with Gasteiger partial charge in [0.05, 0.1) is 24.5 Å². The minimum Gasteiger partial charge on any atom is -0.496 e. The number of ether oxygens (including phenoxy) is 2. The summed E-state index contributed by atoms with van der Waals surface area (Å²) in [5.41, 5.74) is 4.30. The number of thioether (sulfide) groups is 1. The molecule has 3 amide bonds. The van der Waals surface area contributed by atoms with Gasteiger partial charge in [0.15, 0.2) is 0 Å². The second kappa shape index (κ2) is 9.74. The van der Waals surface area contributed by atoms with Gasteiger partial charge in [-0.25, -0.2) is 5.01 Å². The highest BCUT2D eigenvalue weighted by Gasteiger charge is 2.41. The smallest absolute Gasteiger partial charge is 0.273 e. The maximum Gasteiger partial charge on any atom is 0.273 e. The largest absolute Gasteiger partial charge is 0.496 e. The van der Waals surface area contributed by atoms with Crippen molar-refractivity contribution in [2.75, 3.05) is 19.0 Å². The van der Waals surface area contributed by atoms with E-state index in [0.717, 1.165) is 5.56 Å². The highest BCUT2D eigenvalue weighted by molar-refractivity contribution is 8.01. The summed E-state index contributed by atoms with van der Waals surface area (Å²) < 4.78 is 11.0. The lowest BCUT2D eigenvalue weighted by molar-refractivity contribution is -0.132. The number of carbonyl (C=O) groups excluding carboxylic acids is 3. The SMILES string of the molecule is CCOc1cc(NC(C)=O)ccc1C(=O)NN1C(=O)[C@H](C)S[C@@H]1c1ccccc1OC. The van der Waals surface area contributed by atoms with E-state index in [4.69, 9.17) is 9.47 Å². The van der Waals surface area contributed by atoms with E-state index >= 15 is 0 Å². The first-order valence-corrected chi connectivity index (χ1v) is 10.8. The third-order valence-electron chi connectivity index (χ3n) is 4.63. The number of rotatable bonds is 7.